The molecule has 0 atom stereocenters. The van der Waals surface area contributed by atoms with Gasteiger partial charge in [0.2, 0.25) is 0 Å². The lowest BCUT2D eigenvalue weighted by atomic mass is 9.79. The predicted molar refractivity (Wildman–Crippen MR) is 63.7 cm³/mol. The highest BCUT2D eigenvalue weighted by Crippen LogP contribution is 2.31. The fraction of sp³-hybridized carbons (Fsp3) is 0.917. The zero-order valence-electron chi connectivity index (χ0n) is 10.3. The van der Waals surface area contributed by atoms with Crippen molar-refractivity contribution in [3.8, 4) is 0 Å². The fourth-order valence-electron chi connectivity index (χ4n) is 2.25. The van der Waals surface area contributed by atoms with Crippen molar-refractivity contribution in [1.82, 2.24) is 10.2 Å². The van der Waals surface area contributed by atoms with Crippen LogP contribution in [0.3, 0.4) is 0 Å². The van der Waals surface area contributed by atoms with Crippen LogP contribution < -0.4 is 5.32 Å². The molecule has 2 rings (SSSR count). The summed E-state index contributed by atoms with van der Waals surface area (Å²) in [4.78, 5) is 13.9. The second-order valence-electron chi connectivity index (χ2n) is 4.95. The van der Waals surface area contributed by atoms with E-state index in [0.29, 0.717) is 19.4 Å². The number of carbonyl (C=O) groups is 1. The van der Waals surface area contributed by atoms with Crippen molar-refractivity contribution in [1.29, 1.82) is 0 Å². The van der Waals surface area contributed by atoms with Gasteiger partial charge in [-0.1, -0.05) is 0 Å². The molecule has 5 heteroatoms. The maximum absolute atomic E-state index is 11.7. The van der Waals surface area contributed by atoms with Crippen LogP contribution in [0.2, 0.25) is 0 Å². The van der Waals surface area contributed by atoms with E-state index in [1.54, 1.807) is 0 Å². The van der Waals surface area contributed by atoms with Gasteiger partial charge < -0.3 is 15.2 Å². The van der Waals surface area contributed by atoms with Crippen molar-refractivity contribution in [2.45, 2.75) is 31.3 Å². The molecule has 1 aliphatic heterocycles. The molecule has 5 nitrogen and oxygen atoms in total. The van der Waals surface area contributed by atoms with E-state index in [1.165, 1.54) is 0 Å². The molecule has 1 saturated heterocycles. The van der Waals surface area contributed by atoms with Gasteiger partial charge in [-0.25, -0.2) is 0 Å². The number of aliphatic hydroxyl groups is 1. The average molecular weight is 242 g/mol. The number of carbonyl (C=O) groups excluding carboxylic acids is 1. The third-order valence-corrected chi connectivity index (χ3v) is 3.63. The van der Waals surface area contributed by atoms with Crippen LogP contribution in [0, 0.1) is 0 Å². The number of ether oxygens (including phenoxy) is 1. The van der Waals surface area contributed by atoms with E-state index in [1.807, 2.05) is 0 Å². The van der Waals surface area contributed by atoms with Crippen molar-refractivity contribution in [2.24, 2.45) is 0 Å². The standard InChI is InChI=1S/C12H22N2O3/c15-11(12(16)3-1-4-12)13-5-7-14-6-2-9-17-10-8-14/h16H,1-10H2,(H,13,15). The Bertz CT molecular complexity index is 258. The lowest BCUT2D eigenvalue weighted by Gasteiger charge is -2.35. The molecule has 98 valence electrons. The summed E-state index contributed by atoms with van der Waals surface area (Å²) in [6, 6.07) is 0. The van der Waals surface area contributed by atoms with Crippen molar-refractivity contribution >= 4 is 5.91 Å². The molecule has 0 aromatic rings. The van der Waals surface area contributed by atoms with Crippen LogP contribution in [-0.2, 0) is 9.53 Å². The molecule has 0 radical (unpaired) electrons. The lowest BCUT2D eigenvalue weighted by Crippen LogP contribution is -2.52. The Morgan fingerprint density at radius 2 is 2.12 bits per heavy atom. The molecule has 17 heavy (non-hydrogen) atoms. The summed E-state index contributed by atoms with van der Waals surface area (Å²) < 4.78 is 5.36. The van der Waals surface area contributed by atoms with E-state index in [2.05, 4.69) is 10.2 Å². The molecule has 1 aliphatic carbocycles. The highest BCUT2D eigenvalue weighted by molar-refractivity contribution is 5.85. The maximum Gasteiger partial charge on any atom is 0.252 e. The second kappa shape index (κ2) is 5.80. The molecule has 0 bridgehead atoms. The number of nitrogens with one attached hydrogen (secondary N) is 1. The molecule has 0 unspecified atom stereocenters. The molecule has 0 spiro atoms. The minimum absolute atomic E-state index is 0.199. The largest absolute Gasteiger partial charge is 0.380 e. The first-order valence-corrected chi connectivity index (χ1v) is 6.51. The lowest BCUT2D eigenvalue weighted by molar-refractivity contribution is -0.148. The van der Waals surface area contributed by atoms with Crippen molar-refractivity contribution < 1.29 is 14.6 Å². The maximum atomic E-state index is 11.7. The number of amides is 1. The van der Waals surface area contributed by atoms with E-state index in [-0.39, 0.29) is 5.91 Å². The second-order valence-corrected chi connectivity index (χ2v) is 4.95. The summed E-state index contributed by atoms with van der Waals surface area (Å²) in [6.45, 7) is 5.02. The quantitative estimate of drug-likeness (QED) is 0.713. The van der Waals surface area contributed by atoms with Crippen molar-refractivity contribution in [3.63, 3.8) is 0 Å². The van der Waals surface area contributed by atoms with E-state index in [0.717, 1.165) is 45.7 Å². The molecule has 2 N–H and O–H groups in total. The van der Waals surface area contributed by atoms with Crippen LogP contribution in [0.25, 0.3) is 0 Å². The fourth-order valence-corrected chi connectivity index (χ4v) is 2.25. The van der Waals surface area contributed by atoms with E-state index in [4.69, 9.17) is 4.74 Å². The van der Waals surface area contributed by atoms with Gasteiger partial charge in [-0.3, -0.25) is 9.69 Å². The van der Waals surface area contributed by atoms with Gasteiger partial charge in [0, 0.05) is 32.8 Å². The smallest absolute Gasteiger partial charge is 0.252 e. The van der Waals surface area contributed by atoms with Gasteiger partial charge in [0.15, 0.2) is 0 Å². The van der Waals surface area contributed by atoms with Crippen LogP contribution in [0.15, 0.2) is 0 Å². The Hall–Kier alpha value is -0.650. The summed E-state index contributed by atoms with van der Waals surface area (Å²) in [6.07, 6.45) is 3.22. The molecule has 0 aromatic heterocycles. The zero-order valence-corrected chi connectivity index (χ0v) is 10.3. The molecule has 2 aliphatic rings. The molecular formula is C12H22N2O3. The SMILES string of the molecule is O=C(NCCN1CCCOCC1)C1(O)CCC1. The Kier molecular flexibility index (Phi) is 4.36. The van der Waals surface area contributed by atoms with Crippen LogP contribution in [-0.4, -0.2) is 60.9 Å². The zero-order chi connectivity index (χ0) is 12.1. The molecule has 1 amide bonds. The van der Waals surface area contributed by atoms with Crippen molar-refractivity contribution in [2.75, 3.05) is 39.4 Å². The van der Waals surface area contributed by atoms with Crippen LogP contribution >= 0.6 is 0 Å². The monoisotopic (exact) mass is 242 g/mol. The molecule has 1 heterocycles. The highest BCUT2D eigenvalue weighted by Gasteiger charge is 2.41. The summed E-state index contributed by atoms with van der Waals surface area (Å²) in [5.74, 6) is -0.199. The summed E-state index contributed by atoms with van der Waals surface area (Å²) >= 11 is 0. The third-order valence-electron chi connectivity index (χ3n) is 3.63. The third kappa shape index (κ3) is 3.40. The average Bonchev–Trinajstić information content (AvgIpc) is 2.54. The Labute approximate surface area is 102 Å². The van der Waals surface area contributed by atoms with Crippen LogP contribution in [0.5, 0.6) is 0 Å². The van der Waals surface area contributed by atoms with E-state index >= 15 is 0 Å². The number of hydrogen-bond donors (Lipinski definition) is 2. The number of rotatable bonds is 4. The normalized spacial score (nSPS) is 24.8. The molecule has 2 fully saturated rings. The van der Waals surface area contributed by atoms with Gasteiger partial charge in [0.1, 0.15) is 5.60 Å². The van der Waals surface area contributed by atoms with Gasteiger partial charge in [0.05, 0.1) is 6.61 Å². The summed E-state index contributed by atoms with van der Waals surface area (Å²) in [5.41, 5.74) is -1.07. The summed E-state index contributed by atoms with van der Waals surface area (Å²) in [7, 11) is 0. The van der Waals surface area contributed by atoms with E-state index in [9.17, 15) is 9.90 Å². The molecule has 1 saturated carbocycles. The number of hydrogen-bond acceptors (Lipinski definition) is 4. The first kappa shape index (κ1) is 12.8. The van der Waals surface area contributed by atoms with Gasteiger partial charge in [-0.15, -0.1) is 0 Å². The number of nitrogens with zero attached hydrogens (tertiary/aromatic N) is 1. The Balaban J connectivity index is 1.63. The van der Waals surface area contributed by atoms with Gasteiger partial charge in [-0.05, 0) is 25.7 Å². The summed E-state index contributed by atoms with van der Waals surface area (Å²) in [5, 5.41) is 12.6. The predicted octanol–water partition coefficient (Wildman–Crippen LogP) is -0.260. The van der Waals surface area contributed by atoms with Gasteiger partial charge in [0.25, 0.3) is 5.91 Å². The van der Waals surface area contributed by atoms with Crippen LogP contribution in [0.1, 0.15) is 25.7 Å². The van der Waals surface area contributed by atoms with Crippen LogP contribution in [0.4, 0.5) is 0 Å². The molecular weight excluding hydrogens is 220 g/mol. The van der Waals surface area contributed by atoms with Crippen molar-refractivity contribution in [3.05, 3.63) is 0 Å². The van der Waals surface area contributed by atoms with E-state index < -0.39 is 5.60 Å². The first-order valence-electron chi connectivity index (χ1n) is 6.51. The van der Waals surface area contributed by atoms with Gasteiger partial charge >= 0.3 is 0 Å². The minimum atomic E-state index is -1.07. The highest BCUT2D eigenvalue weighted by atomic mass is 16.5. The minimum Gasteiger partial charge on any atom is -0.380 e. The first-order chi connectivity index (χ1) is 8.21. The topological polar surface area (TPSA) is 61.8 Å². The van der Waals surface area contributed by atoms with Gasteiger partial charge in [-0.2, -0.15) is 0 Å². The Morgan fingerprint density at radius 1 is 1.29 bits per heavy atom. The Morgan fingerprint density at radius 3 is 2.82 bits per heavy atom. The molecule has 0 aromatic carbocycles.